The Hall–Kier alpha value is -0.900. The molecule has 4 rings (SSSR count). The predicted octanol–water partition coefficient (Wildman–Crippen LogP) is 4.77. The molecule has 0 heterocycles. The van der Waals surface area contributed by atoms with Gasteiger partial charge in [0.1, 0.15) is 5.78 Å². The van der Waals surface area contributed by atoms with Crippen LogP contribution in [0.2, 0.25) is 0 Å². The molecule has 9 atom stereocenters. The molecule has 4 saturated carbocycles. The minimum Gasteiger partial charge on any atom is -0.469 e. The molecule has 164 valence electrons. The van der Waals surface area contributed by atoms with Crippen LogP contribution in [-0.4, -0.2) is 30.1 Å². The van der Waals surface area contributed by atoms with Crippen LogP contribution in [0.1, 0.15) is 85.0 Å². The summed E-state index contributed by atoms with van der Waals surface area (Å²) in [4.78, 5) is 25.0. The first kappa shape index (κ1) is 21.3. The van der Waals surface area contributed by atoms with Crippen molar-refractivity contribution in [1.29, 1.82) is 0 Å². The van der Waals surface area contributed by atoms with E-state index < -0.39 is 0 Å². The highest BCUT2D eigenvalue weighted by Crippen LogP contribution is 2.67. The number of fused-ring (bicyclic) bond motifs is 5. The zero-order valence-electron chi connectivity index (χ0n) is 18.8. The first-order valence-corrected chi connectivity index (χ1v) is 12.0. The molecule has 0 bridgehead atoms. The van der Waals surface area contributed by atoms with E-state index in [1.54, 1.807) is 0 Å². The van der Waals surface area contributed by atoms with Crippen molar-refractivity contribution in [2.45, 2.75) is 91.1 Å². The van der Waals surface area contributed by atoms with Gasteiger partial charge in [0, 0.05) is 18.8 Å². The fraction of sp³-hybridized carbons (Fsp3) is 0.920. The van der Waals surface area contributed by atoms with E-state index in [0.717, 1.165) is 32.1 Å². The van der Waals surface area contributed by atoms with Gasteiger partial charge >= 0.3 is 5.97 Å². The highest BCUT2D eigenvalue weighted by Gasteiger charge is 2.62. The Labute approximate surface area is 176 Å². The smallest absolute Gasteiger partial charge is 0.305 e. The number of aliphatic hydroxyl groups is 1. The molecule has 0 aromatic rings. The van der Waals surface area contributed by atoms with Crippen LogP contribution >= 0.6 is 0 Å². The van der Waals surface area contributed by atoms with E-state index in [-0.39, 0.29) is 28.8 Å². The molecule has 0 spiro atoms. The van der Waals surface area contributed by atoms with Crippen LogP contribution in [0.15, 0.2) is 0 Å². The van der Waals surface area contributed by atoms with E-state index >= 15 is 0 Å². The van der Waals surface area contributed by atoms with Gasteiger partial charge in [-0.3, -0.25) is 9.59 Å². The Balaban J connectivity index is 1.53. The predicted molar refractivity (Wildman–Crippen MR) is 112 cm³/mol. The number of methoxy groups -OCH3 is 1. The second kappa shape index (κ2) is 7.66. The van der Waals surface area contributed by atoms with Crippen LogP contribution in [0.3, 0.4) is 0 Å². The minimum atomic E-state index is -0.210. The molecule has 4 fully saturated rings. The lowest BCUT2D eigenvalue weighted by Gasteiger charge is -2.60. The monoisotopic (exact) mass is 404 g/mol. The van der Waals surface area contributed by atoms with Crippen LogP contribution in [0.25, 0.3) is 0 Å². The molecule has 0 aromatic carbocycles. The Kier molecular flexibility index (Phi) is 5.63. The third kappa shape index (κ3) is 3.38. The molecule has 4 aliphatic rings. The first-order valence-electron chi connectivity index (χ1n) is 12.0. The maximum atomic E-state index is 13.4. The third-order valence-corrected chi connectivity index (χ3v) is 10.2. The van der Waals surface area contributed by atoms with Gasteiger partial charge < -0.3 is 9.84 Å². The molecular formula is C25H40O4. The number of aliphatic hydroxyl groups excluding tert-OH is 1. The van der Waals surface area contributed by atoms with E-state index in [1.165, 1.54) is 26.4 Å². The number of Topliss-reactive ketones (excluding diaryl/α,β-unsaturated/α-hetero) is 1. The number of hydrogen-bond donors (Lipinski definition) is 1. The van der Waals surface area contributed by atoms with Crippen LogP contribution < -0.4 is 0 Å². The van der Waals surface area contributed by atoms with Crippen molar-refractivity contribution < 1.29 is 19.4 Å². The summed E-state index contributed by atoms with van der Waals surface area (Å²) < 4.78 is 4.85. The molecule has 4 heteroatoms. The summed E-state index contributed by atoms with van der Waals surface area (Å²) in [7, 11) is 1.47. The molecule has 4 nitrogen and oxygen atoms in total. The third-order valence-electron chi connectivity index (χ3n) is 10.2. The number of carbonyl (C=O) groups is 2. The van der Waals surface area contributed by atoms with Gasteiger partial charge in [0.2, 0.25) is 0 Å². The average molecular weight is 405 g/mol. The number of carbonyl (C=O) groups excluding carboxylic acids is 2. The second-order valence-electron chi connectivity index (χ2n) is 11.4. The lowest BCUT2D eigenvalue weighted by molar-refractivity contribution is -0.160. The minimum absolute atomic E-state index is 0.110. The zero-order valence-corrected chi connectivity index (χ0v) is 18.8. The van der Waals surface area contributed by atoms with Gasteiger partial charge in [-0.1, -0.05) is 20.8 Å². The normalized spacial score (nSPS) is 47.7. The van der Waals surface area contributed by atoms with Gasteiger partial charge in [-0.25, -0.2) is 0 Å². The highest BCUT2D eigenvalue weighted by atomic mass is 16.5. The van der Waals surface area contributed by atoms with E-state index in [0.29, 0.717) is 48.2 Å². The Bertz CT molecular complexity index is 659. The lowest BCUT2D eigenvalue weighted by atomic mass is 9.44. The molecule has 0 amide bonds. The Morgan fingerprint density at radius 3 is 2.55 bits per heavy atom. The Morgan fingerprint density at radius 1 is 1.14 bits per heavy atom. The van der Waals surface area contributed by atoms with Crippen molar-refractivity contribution in [2.24, 2.45) is 46.3 Å². The lowest BCUT2D eigenvalue weighted by Crippen LogP contribution is -2.57. The van der Waals surface area contributed by atoms with Gasteiger partial charge in [-0.05, 0) is 91.8 Å². The summed E-state index contributed by atoms with van der Waals surface area (Å²) in [5.41, 5.74) is 0.456. The molecule has 8 unspecified atom stereocenters. The van der Waals surface area contributed by atoms with Gasteiger partial charge in [-0.15, -0.1) is 0 Å². The van der Waals surface area contributed by atoms with E-state index in [4.69, 9.17) is 4.74 Å². The second-order valence-corrected chi connectivity index (χ2v) is 11.4. The molecule has 1 N–H and O–H groups in total. The SMILES string of the molecule is COC(=O)CC[C@@H](C)C1CCC2C3C(=O)CC4CC(O)CCC4(C)C3CCC21C. The number of rotatable bonds is 4. The van der Waals surface area contributed by atoms with E-state index in [2.05, 4.69) is 20.8 Å². The fourth-order valence-corrected chi connectivity index (χ4v) is 8.53. The maximum Gasteiger partial charge on any atom is 0.305 e. The molecule has 4 aliphatic carbocycles. The quantitative estimate of drug-likeness (QED) is 0.685. The standard InChI is InChI=1S/C25H40O4/c1-15(5-8-22(28)29-4)18-6-7-19-23-20(10-12-25(18,19)3)24(2)11-9-17(26)13-16(24)14-21(23)27/h15-20,23,26H,5-14H2,1-4H3/t15-,16?,17?,18?,19?,20?,23?,24?,25?/m1/s1. The molecule has 0 aliphatic heterocycles. The van der Waals surface area contributed by atoms with Crippen molar-refractivity contribution in [1.82, 2.24) is 0 Å². The number of hydrogen-bond acceptors (Lipinski definition) is 4. The van der Waals surface area contributed by atoms with E-state index in [1.807, 2.05) is 0 Å². The number of ether oxygens (including phenoxy) is 1. The van der Waals surface area contributed by atoms with Crippen LogP contribution in [-0.2, 0) is 14.3 Å². The fourth-order valence-electron chi connectivity index (χ4n) is 8.53. The summed E-state index contributed by atoms with van der Waals surface area (Å²) in [6.07, 6.45) is 9.40. The van der Waals surface area contributed by atoms with Crippen molar-refractivity contribution >= 4 is 11.8 Å². The Morgan fingerprint density at radius 2 is 1.83 bits per heavy atom. The first-order chi connectivity index (χ1) is 13.7. The van der Waals surface area contributed by atoms with Crippen LogP contribution in [0.4, 0.5) is 0 Å². The summed E-state index contributed by atoms with van der Waals surface area (Å²) in [5, 5.41) is 10.2. The van der Waals surface area contributed by atoms with Crippen LogP contribution in [0.5, 0.6) is 0 Å². The van der Waals surface area contributed by atoms with Crippen molar-refractivity contribution in [2.75, 3.05) is 7.11 Å². The van der Waals surface area contributed by atoms with Gasteiger partial charge in [0.15, 0.2) is 0 Å². The van der Waals surface area contributed by atoms with Gasteiger partial charge in [0.05, 0.1) is 13.2 Å². The summed E-state index contributed by atoms with van der Waals surface area (Å²) in [6.45, 7) is 7.18. The van der Waals surface area contributed by atoms with Gasteiger partial charge in [-0.2, -0.15) is 0 Å². The molecule has 0 aromatic heterocycles. The van der Waals surface area contributed by atoms with E-state index in [9.17, 15) is 14.7 Å². The largest absolute Gasteiger partial charge is 0.469 e. The topological polar surface area (TPSA) is 63.6 Å². The van der Waals surface area contributed by atoms with Crippen molar-refractivity contribution in [3.05, 3.63) is 0 Å². The zero-order chi connectivity index (χ0) is 21.0. The average Bonchev–Trinajstić information content (AvgIpc) is 3.04. The highest BCUT2D eigenvalue weighted by molar-refractivity contribution is 5.83. The summed E-state index contributed by atoms with van der Waals surface area (Å²) >= 11 is 0. The number of esters is 1. The molecular weight excluding hydrogens is 364 g/mol. The maximum absolute atomic E-state index is 13.4. The molecule has 29 heavy (non-hydrogen) atoms. The molecule has 0 saturated heterocycles. The summed E-state index contributed by atoms with van der Waals surface area (Å²) in [6, 6.07) is 0. The molecule has 0 radical (unpaired) electrons. The van der Waals surface area contributed by atoms with Crippen molar-refractivity contribution in [3.63, 3.8) is 0 Å². The summed E-state index contributed by atoms with van der Waals surface area (Å²) in [5.74, 6) is 3.08. The van der Waals surface area contributed by atoms with Crippen LogP contribution in [0, 0.1) is 46.3 Å². The van der Waals surface area contributed by atoms with Gasteiger partial charge in [0.25, 0.3) is 0 Å². The van der Waals surface area contributed by atoms with Crippen molar-refractivity contribution in [3.8, 4) is 0 Å². The number of ketones is 1.